The molecule has 0 saturated carbocycles. The Bertz CT molecular complexity index is 808. The molecular weight excluding hydrogens is 367 g/mol. The van der Waals surface area contributed by atoms with Crippen LogP contribution in [0, 0.1) is 0 Å². The van der Waals surface area contributed by atoms with Gasteiger partial charge in [-0.1, -0.05) is 24.3 Å². The number of fused-ring (bicyclic) bond motifs is 1. The molecule has 1 fully saturated rings. The molecule has 2 aromatic rings. The van der Waals surface area contributed by atoms with E-state index in [0.29, 0.717) is 32.7 Å². The van der Waals surface area contributed by atoms with Crippen LogP contribution in [0.1, 0.15) is 12.5 Å². The summed E-state index contributed by atoms with van der Waals surface area (Å²) in [5.74, 6) is 0.729. The molecule has 1 unspecified atom stereocenters. The van der Waals surface area contributed by atoms with Crippen molar-refractivity contribution in [1.29, 1.82) is 0 Å². The van der Waals surface area contributed by atoms with Gasteiger partial charge >= 0.3 is 6.18 Å². The number of hydrogen-bond acceptors (Lipinski definition) is 3. The third-order valence-corrected chi connectivity index (χ3v) is 5.24. The van der Waals surface area contributed by atoms with E-state index in [2.05, 4.69) is 21.4 Å². The van der Waals surface area contributed by atoms with Crippen molar-refractivity contribution in [3.8, 4) is 0 Å². The summed E-state index contributed by atoms with van der Waals surface area (Å²) in [7, 11) is 1.70. The lowest BCUT2D eigenvalue weighted by Crippen LogP contribution is -2.56. The summed E-state index contributed by atoms with van der Waals surface area (Å²) in [5, 5.41) is 4.44. The van der Waals surface area contributed by atoms with E-state index in [9.17, 15) is 13.2 Å². The van der Waals surface area contributed by atoms with Crippen LogP contribution < -0.4 is 5.32 Å². The number of pyridine rings is 1. The molecule has 8 heteroatoms. The number of para-hydroxylation sites is 1. The topological polar surface area (TPSA) is 43.8 Å². The predicted octanol–water partition coefficient (Wildman–Crippen LogP) is 2.92. The first-order chi connectivity index (χ1) is 13.4. The van der Waals surface area contributed by atoms with Gasteiger partial charge < -0.3 is 10.2 Å². The van der Waals surface area contributed by atoms with Gasteiger partial charge in [0.25, 0.3) is 0 Å². The molecule has 1 aliphatic rings. The normalized spacial score (nSPS) is 17.8. The molecular formula is C20H26F3N5. The summed E-state index contributed by atoms with van der Waals surface area (Å²) in [4.78, 5) is 12.3. The average Bonchev–Trinajstić information content (AvgIpc) is 2.70. The van der Waals surface area contributed by atoms with Crippen LogP contribution in [0.2, 0.25) is 0 Å². The van der Waals surface area contributed by atoms with Gasteiger partial charge in [-0.05, 0) is 25.0 Å². The van der Waals surface area contributed by atoms with E-state index < -0.39 is 12.2 Å². The van der Waals surface area contributed by atoms with E-state index in [1.54, 1.807) is 13.2 Å². The van der Waals surface area contributed by atoms with Gasteiger partial charge in [-0.25, -0.2) is 0 Å². The number of halogens is 3. The Morgan fingerprint density at radius 2 is 1.89 bits per heavy atom. The zero-order chi connectivity index (χ0) is 20.1. The van der Waals surface area contributed by atoms with Gasteiger partial charge in [-0.15, -0.1) is 0 Å². The quantitative estimate of drug-likeness (QED) is 0.641. The van der Waals surface area contributed by atoms with E-state index in [-0.39, 0.29) is 0 Å². The van der Waals surface area contributed by atoms with Crippen LogP contribution in [0.25, 0.3) is 10.9 Å². The van der Waals surface area contributed by atoms with Gasteiger partial charge in [0.2, 0.25) is 0 Å². The number of guanidine groups is 1. The fourth-order valence-corrected chi connectivity index (χ4v) is 3.54. The molecule has 0 spiro atoms. The maximum absolute atomic E-state index is 12.9. The number of rotatable bonds is 4. The minimum absolute atomic E-state index is 0.370. The SMILES string of the molecule is CN=C(NCCc1cccc2cccnc12)N1CCN(C(C)C(F)(F)F)CC1. The number of nitrogens with one attached hydrogen (secondary N) is 1. The third-order valence-electron chi connectivity index (χ3n) is 5.24. The highest BCUT2D eigenvalue weighted by Crippen LogP contribution is 2.25. The molecule has 1 atom stereocenters. The number of aliphatic imine (C=N–C) groups is 1. The lowest BCUT2D eigenvalue weighted by molar-refractivity contribution is -0.181. The summed E-state index contributed by atoms with van der Waals surface area (Å²) >= 11 is 0. The molecule has 0 radical (unpaired) electrons. The molecule has 5 nitrogen and oxygen atoms in total. The highest BCUT2D eigenvalue weighted by atomic mass is 19.4. The molecule has 1 aliphatic heterocycles. The molecule has 1 aromatic heterocycles. The smallest absolute Gasteiger partial charge is 0.356 e. The Kier molecular flexibility index (Phi) is 6.39. The minimum Gasteiger partial charge on any atom is -0.356 e. The van der Waals surface area contributed by atoms with E-state index in [4.69, 9.17) is 0 Å². The van der Waals surface area contributed by atoms with Crippen molar-refractivity contribution in [3.63, 3.8) is 0 Å². The van der Waals surface area contributed by atoms with Gasteiger partial charge in [0.1, 0.15) is 6.04 Å². The predicted molar refractivity (Wildman–Crippen MR) is 105 cm³/mol. The summed E-state index contributed by atoms with van der Waals surface area (Å²) in [5.41, 5.74) is 2.15. The molecule has 1 aromatic carbocycles. The number of piperazine rings is 1. The fraction of sp³-hybridized carbons (Fsp3) is 0.500. The molecule has 152 valence electrons. The van der Waals surface area contributed by atoms with Crippen LogP contribution in [0.3, 0.4) is 0 Å². The largest absolute Gasteiger partial charge is 0.403 e. The summed E-state index contributed by atoms with van der Waals surface area (Å²) in [6.07, 6.45) is -1.60. The number of nitrogens with zero attached hydrogens (tertiary/aromatic N) is 4. The van der Waals surface area contributed by atoms with Crippen molar-refractivity contribution >= 4 is 16.9 Å². The number of aromatic nitrogens is 1. The van der Waals surface area contributed by atoms with Crippen LogP contribution in [0.4, 0.5) is 13.2 Å². The van der Waals surface area contributed by atoms with Crippen molar-refractivity contribution in [3.05, 3.63) is 42.1 Å². The van der Waals surface area contributed by atoms with Crippen LogP contribution in [-0.4, -0.2) is 72.7 Å². The van der Waals surface area contributed by atoms with E-state index in [1.807, 2.05) is 29.2 Å². The Balaban J connectivity index is 1.53. The zero-order valence-corrected chi connectivity index (χ0v) is 16.2. The van der Waals surface area contributed by atoms with Crippen LogP contribution >= 0.6 is 0 Å². The number of hydrogen-bond donors (Lipinski definition) is 1. The Morgan fingerprint density at radius 1 is 1.18 bits per heavy atom. The maximum Gasteiger partial charge on any atom is 0.403 e. The lowest BCUT2D eigenvalue weighted by atomic mass is 10.1. The molecule has 3 rings (SSSR count). The lowest BCUT2D eigenvalue weighted by Gasteiger charge is -2.39. The van der Waals surface area contributed by atoms with Crippen molar-refractivity contribution in [2.75, 3.05) is 39.8 Å². The monoisotopic (exact) mass is 393 g/mol. The summed E-state index contributed by atoms with van der Waals surface area (Å²) in [6, 6.07) is 8.68. The second kappa shape index (κ2) is 8.77. The zero-order valence-electron chi connectivity index (χ0n) is 16.2. The molecule has 0 amide bonds. The standard InChI is InChI=1S/C20H26F3N5/c1-15(20(21,22)23)27-11-13-28(14-12-27)19(24-2)26-10-8-17-6-3-5-16-7-4-9-25-18(16)17/h3-7,9,15H,8,10-14H2,1-2H3,(H,24,26). The van der Waals surface area contributed by atoms with Gasteiger partial charge in [-0.3, -0.25) is 14.9 Å². The first kappa shape index (κ1) is 20.4. The minimum atomic E-state index is -4.19. The van der Waals surface area contributed by atoms with Gasteiger partial charge in [-0.2, -0.15) is 13.2 Å². The number of alkyl halides is 3. The van der Waals surface area contributed by atoms with Gasteiger partial charge in [0.05, 0.1) is 5.52 Å². The van der Waals surface area contributed by atoms with Crippen molar-refractivity contribution in [1.82, 2.24) is 20.1 Å². The Morgan fingerprint density at radius 3 is 2.57 bits per heavy atom. The van der Waals surface area contributed by atoms with E-state index in [0.717, 1.165) is 28.8 Å². The Labute approximate surface area is 163 Å². The van der Waals surface area contributed by atoms with E-state index in [1.165, 1.54) is 11.8 Å². The van der Waals surface area contributed by atoms with Gasteiger partial charge in [0.15, 0.2) is 5.96 Å². The third kappa shape index (κ3) is 4.73. The molecule has 0 aliphatic carbocycles. The highest BCUT2D eigenvalue weighted by Gasteiger charge is 2.41. The number of benzene rings is 1. The van der Waals surface area contributed by atoms with Crippen molar-refractivity contribution < 1.29 is 13.2 Å². The second-order valence-corrected chi connectivity index (χ2v) is 6.96. The molecule has 0 bridgehead atoms. The van der Waals surface area contributed by atoms with Gasteiger partial charge in [0, 0.05) is 51.4 Å². The first-order valence-electron chi connectivity index (χ1n) is 9.49. The van der Waals surface area contributed by atoms with Crippen molar-refractivity contribution in [2.24, 2.45) is 4.99 Å². The van der Waals surface area contributed by atoms with Crippen molar-refractivity contribution in [2.45, 2.75) is 25.6 Å². The Hall–Kier alpha value is -2.35. The second-order valence-electron chi connectivity index (χ2n) is 6.96. The highest BCUT2D eigenvalue weighted by molar-refractivity contribution is 5.82. The molecule has 28 heavy (non-hydrogen) atoms. The maximum atomic E-state index is 12.9. The van der Waals surface area contributed by atoms with Crippen LogP contribution in [0.5, 0.6) is 0 Å². The average molecular weight is 393 g/mol. The molecule has 1 saturated heterocycles. The molecule has 2 heterocycles. The van der Waals surface area contributed by atoms with Crippen LogP contribution in [-0.2, 0) is 6.42 Å². The molecule has 1 N–H and O–H groups in total. The summed E-state index contributed by atoms with van der Waals surface area (Å²) in [6.45, 7) is 3.69. The first-order valence-corrected chi connectivity index (χ1v) is 9.49. The van der Waals surface area contributed by atoms with Crippen LogP contribution in [0.15, 0.2) is 41.5 Å². The fourth-order valence-electron chi connectivity index (χ4n) is 3.54. The van der Waals surface area contributed by atoms with E-state index >= 15 is 0 Å². The summed E-state index contributed by atoms with van der Waals surface area (Å²) < 4.78 is 38.7.